The van der Waals surface area contributed by atoms with Gasteiger partial charge in [0, 0.05) is 12.0 Å². The first-order chi connectivity index (χ1) is 8.56. The second kappa shape index (κ2) is 5.22. The smallest absolute Gasteiger partial charge is 0.126 e. The van der Waals surface area contributed by atoms with Gasteiger partial charge in [0.25, 0.3) is 0 Å². The van der Waals surface area contributed by atoms with E-state index >= 15 is 0 Å². The van der Waals surface area contributed by atoms with Gasteiger partial charge in [0.15, 0.2) is 0 Å². The molecule has 3 atom stereocenters. The quantitative estimate of drug-likeness (QED) is 0.856. The van der Waals surface area contributed by atoms with Crippen LogP contribution in [0.5, 0.6) is 5.75 Å². The lowest BCUT2D eigenvalue weighted by Crippen LogP contribution is -2.24. The molecule has 2 unspecified atom stereocenters. The number of hydrogen-bond acceptors (Lipinski definition) is 4. The lowest BCUT2D eigenvalue weighted by Gasteiger charge is -2.16. The lowest BCUT2D eigenvalue weighted by atomic mass is 10.0. The molecule has 100 valence electrons. The van der Waals surface area contributed by atoms with Crippen molar-refractivity contribution in [3.8, 4) is 5.75 Å². The molecule has 1 aromatic rings. The number of aliphatic hydroxyl groups excluding tert-OH is 2. The Morgan fingerprint density at radius 2 is 2.22 bits per heavy atom. The molecule has 1 aromatic carbocycles. The van der Waals surface area contributed by atoms with Crippen LogP contribution in [0.2, 0.25) is 0 Å². The molecule has 2 N–H and O–H groups in total. The summed E-state index contributed by atoms with van der Waals surface area (Å²) in [4.78, 5) is 0. The monoisotopic (exact) mass is 256 g/mol. The molecule has 1 fully saturated rings. The highest BCUT2D eigenvalue weighted by atomic mass is 19.1. The van der Waals surface area contributed by atoms with Gasteiger partial charge in [-0.1, -0.05) is 0 Å². The van der Waals surface area contributed by atoms with Gasteiger partial charge >= 0.3 is 0 Å². The van der Waals surface area contributed by atoms with E-state index in [0.29, 0.717) is 23.3 Å². The Bertz CT molecular complexity index is 435. The van der Waals surface area contributed by atoms with Gasteiger partial charge in [0.1, 0.15) is 17.7 Å². The summed E-state index contributed by atoms with van der Waals surface area (Å²) < 4.78 is 24.3. The summed E-state index contributed by atoms with van der Waals surface area (Å²) in [5.41, 5.74) is 1.06. The summed E-state index contributed by atoms with van der Waals surface area (Å²) in [7, 11) is 1.51. The maximum Gasteiger partial charge on any atom is 0.126 e. The third-order valence-electron chi connectivity index (χ3n) is 3.26. The zero-order chi connectivity index (χ0) is 13.3. The van der Waals surface area contributed by atoms with Crippen molar-refractivity contribution in [3.63, 3.8) is 0 Å². The second-order valence-corrected chi connectivity index (χ2v) is 4.49. The van der Waals surface area contributed by atoms with Crippen LogP contribution in [0.1, 0.15) is 23.7 Å². The topological polar surface area (TPSA) is 58.9 Å². The third-order valence-corrected chi connectivity index (χ3v) is 3.26. The highest BCUT2D eigenvalue weighted by molar-refractivity contribution is 5.40. The zero-order valence-electron chi connectivity index (χ0n) is 10.4. The Hall–Kier alpha value is -1.17. The number of aliphatic hydroxyl groups is 2. The van der Waals surface area contributed by atoms with Crippen LogP contribution in [-0.2, 0) is 4.74 Å². The third kappa shape index (κ3) is 2.34. The van der Waals surface area contributed by atoms with E-state index < -0.39 is 18.3 Å². The largest absolute Gasteiger partial charge is 0.496 e. The summed E-state index contributed by atoms with van der Waals surface area (Å²) in [5, 5.41) is 18.7. The Morgan fingerprint density at radius 1 is 1.50 bits per heavy atom. The minimum absolute atomic E-state index is 0.256. The molecule has 1 aliphatic rings. The van der Waals surface area contributed by atoms with Gasteiger partial charge < -0.3 is 19.7 Å². The lowest BCUT2D eigenvalue weighted by molar-refractivity contribution is -0.0231. The van der Waals surface area contributed by atoms with Crippen molar-refractivity contribution in [1.29, 1.82) is 0 Å². The summed E-state index contributed by atoms with van der Waals surface area (Å²) in [6, 6.07) is 2.97. The van der Waals surface area contributed by atoms with Crippen molar-refractivity contribution >= 4 is 0 Å². The van der Waals surface area contributed by atoms with Gasteiger partial charge in [0.2, 0.25) is 0 Å². The van der Waals surface area contributed by atoms with Gasteiger partial charge in [-0.2, -0.15) is 0 Å². The van der Waals surface area contributed by atoms with E-state index in [1.54, 1.807) is 13.0 Å². The molecular formula is C13H17FO4. The molecule has 5 heteroatoms. The average molecular weight is 256 g/mol. The summed E-state index contributed by atoms with van der Waals surface area (Å²) in [6.45, 7) is 1.40. The van der Waals surface area contributed by atoms with Gasteiger partial charge in [-0.3, -0.25) is 0 Å². The molecule has 0 aromatic heterocycles. The molecule has 2 rings (SSSR count). The van der Waals surface area contributed by atoms with Crippen LogP contribution in [0.3, 0.4) is 0 Å². The van der Waals surface area contributed by atoms with Crippen LogP contribution >= 0.6 is 0 Å². The summed E-state index contributed by atoms with van der Waals surface area (Å²) in [5.74, 6) is 0.195. The second-order valence-electron chi connectivity index (χ2n) is 4.49. The molecule has 1 saturated heterocycles. The fraction of sp³-hybridized carbons (Fsp3) is 0.538. The first-order valence-electron chi connectivity index (χ1n) is 5.85. The number of ether oxygens (including phenoxy) is 2. The first-order valence-corrected chi connectivity index (χ1v) is 5.85. The predicted octanol–water partition coefficient (Wildman–Crippen LogP) is 1.33. The predicted molar refractivity (Wildman–Crippen MR) is 63.0 cm³/mol. The van der Waals surface area contributed by atoms with Crippen molar-refractivity contribution in [2.75, 3.05) is 13.7 Å². The molecule has 0 amide bonds. The summed E-state index contributed by atoms with van der Waals surface area (Å²) in [6.07, 6.45) is -1.50. The fourth-order valence-electron chi connectivity index (χ4n) is 2.19. The summed E-state index contributed by atoms with van der Waals surface area (Å²) >= 11 is 0. The van der Waals surface area contributed by atoms with Crippen molar-refractivity contribution in [3.05, 3.63) is 29.1 Å². The molecule has 0 radical (unpaired) electrons. The standard InChI is InChI=1S/C13H17FO4/c1-7-3-11(17-2)8(4-9(7)14)12-5-10(16)13(6-15)18-12/h3-4,10,12-13,15-16H,5-6H2,1-2H3/t10-,12?,13?/m1/s1. The Labute approximate surface area is 105 Å². The Morgan fingerprint density at radius 3 is 2.78 bits per heavy atom. The fourth-order valence-corrected chi connectivity index (χ4v) is 2.19. The maximum absolute atomic E-state index is 13.6. The number of rotatable bonds is 3. The molecule has 1 heterocycles. The van der Waals surface area contributed by atoms with Crippen LogP contribution < -0.4 is 4.74 Å². The number of benzene rings is 1. The van der Waals surface area contributed by atoms with Crippen LogP contribution in [0, 0.1) is 12.7 Å². The highest BCUT2D eigenvalue weighted by Crippen LogP contribution is 2.38. The SMILES string of the molecule is COc1cc(C)c(F)cc1C1C[C@@H](O)C(CO)O1. The molecule has 0 bridgehead atoms. The molecule has 0 saturated carbocycles. The number of methoxy groups -OCH3 is 1. The number of aryl methyl sites for hydroxylation is 1. The minimum Gasteiger partial charge on any atom is -0.496 e. The molecular weight excluding hydrogens is 239 g/mol. The molecule has 1 aliphatic heterocycles. The molecule has 0 aliphatic carbocycles. The van der Waals surface area contributed by atoms with Gasteiger partial charge in [-0.05, 0) is 24.6 Å². The molecule has 4 nitrogen and oxygen atoms in total. The Kier molecular flexibility index (Phi) is 3.85. The van der Waals surface area contributed by atoms with Crippen LogP contribution in [0.25, 0.3) is 0 Å². The van der Waals surface area contributed by atoms with Crippen molar-refractivity contribution in [2.45, 2.75) is 31.7 Å². The van der Waals surface area contributed by atoms with Crippen LogP contribution in [0.4, 0.5) is 4.39 Å². The van der Waals surface area contributed by atoms with Crippen molar-refractivity contribution in [2.24, 2.45) is 0 Å². The van der Waals surface area contributed by atoms with Crippen molar-refractivity contribution in [1.82, 2.24) is 0 Å². The number of hydrogen-bond donors (Lipinski definition) is 2. The number of halogens is 1. The average Bonchev–Trinajstić information content (AvgIpc) is 2.73. The molecule has 0 spiro atoms. The van der Waals surface area contributed by atoms with Crippen LogP contribution in [0.15, 0.2) is 12.1 Å². The van der Waals surface area contributed by atoms with E-state index in [2.05, 4.69) is 0 Å². The minimum atomic E-state index is -0.742. The van der Waals surface area contributed by atoms with E-state index in [4.69, 9.17) is 14.6 Å². The van der Waals surface area contributed by atoms with E-state index in [0.717, 1.165) is 0 Å². The Balaban J connectivity index is 2.31. The van der Waals surface area contributed by atoms with Gasteiger partial charge in [0.05, 0.1) is 25.9 Å². The normalized spacial score (nSPS) is 27.5. The van der Waals surface area contributed by atoms with E-state index in [-0.39, 0.29) is 12.4 Å². The van der Waals surface area contributed by atoms with Crippen molar-refractivity contribution < 1.29 is 24.1 Å². The highest BCUT2D eigenvalue weighted by Gasteiger charge is 2.35. The van der Waals surface area contributed by atoms with Gasteiger partial charge in [-0.25, -0.2) is 4.39 Å². The van der Waals surface area contributed by atoms with E-state index in [1.807, 2.05) is 0 Å². The van der Waals surface area contributed by atoms with Gasteiger partial charge in [-0.15, -0.1) is 0 Å². The zero-order valence-corrected chi connectivity index (χ0v) is 10.4. The van der Waals surface area contributed by atoms with E-state index in [1.165, 1.54) is 13.2 Å². The van der Waals surface area contributed by atoms with Crippen LogP contribution in [-0.4, -0.2) is 36.1 Å². The molecule has 18 heavy (non-hydrogen) atoms. The maximum atomic E-state index is 13.6. The van der Waals surface area contributed by atoms with E-state index in [9.17, 15) is 9.50 Å². The first kappa shape index (κ1) is 13.3.